The molecule has 16 heavy (non-hydrogen) atoms. The van der Waals surface area contributed by atoms with Crippen LogP contribution in [0.1, 0.15) is 58.8 Å². The van der Waals surface area contributed by atoms with Gasteiger partial charge in [0.2, 0.25) is 0 Å². The van der Waals surface area contributed by atoms with Crippen LogP contribution in [-0.4, -0.2) is 30.6 Å². The third-order valence-corrected chi connectivity index (χ3v) is 4.51. The number of nitrogens with two attached hydrogens (primary N) is 1. The van der Waals surface area contributed by atoms with Gasteiger partial charge < -0.3 is 5.73 Å². The number of hydrogen-bond donors (Lipinski definition) is 1. The summed E-state index contributed by atoms with van der Waals surface area (Å²) in [5, 5.41) is 0. The van der Waals surface area contributed by atoms with E-state index >= 15 is 0 Å². The van der Waals surface area contributed by atoms with E-state index in [1.54, 1.807) is 0 Å². The predicted octanol–water partition coefficient (Wildman–Crippen LogP) is 3.02. The molecule has 96 valence electrons. The molecule has 0 aromatic rings. The third-order valence-electron chi connectivity index (χ3n) is 4.51. The topological polar surface area (TPSA) is 29.3 Å². The fraction of sp³-hybridized carbons (Fsp3) is 1.00. The predicted molar refractivity (Wildman–Crippen MR) is 71.6 cm³/mol. The van der Waals surface area contributed by atoms with Crippen molar-refractivity contribution >= 4 is 0 Å². The lowest BCUT2D eigenvalue weighted by Gasteiger charge is -2.42. The second-order valence-electron chi connectivity index (χ2n) is 5.74. The maximum absolute atomic E-state index is 6.08. The molecule has 0 amide bonds. The Morgan fingerprint density at radius 3 is 2.19 bits per heavy atom. The van der Waals surface area contributed by atoms with E-state index in [-0.39, 0.29) is 0 Å². The van der Waals surface area contributed by atoms with Gasteiger partial charge in [0.25, 0.3) is 0 Å². The highest BCUT2D eigenvalue weighted by molar-refractivity contribution is 4.92. The van der Waals surface area contributed by atoms with Gasteiger partial charge in [-0.1, -0.05) is 46.0 Å². The van der Waals surface area contributed by atoms with Gasteiger partial charge in [0.1, 0.15) is 0 Å². The van der Waals surface area contributed by atoms with Gasteiger partial charge in [-0.2, -0.15) is 0 Å². The summed E-state index contributed by atoms with van der Waals surface area (Å²) in [6.07, 6.45) is 9.40. The van der Waals surface area contributed by atoms with Crippen LogP contribution in [-0.2, 0) is 0 Å². The third kappa shape index (κ3) is 3.46. The Morgan fingerprint density at radius 1 is 1.19 bits per heavy atom. The van der Waals surface area contributed by atoms with E-state index < -0.39 is 0 Å². The summed E-state index contributed by atoms with van der Waals surface area (Å²) in [7, 11) is 2.28. The smallest absolute Gasteiger partial charge is 0.0328 e. The molecule has 1 rings (SSSR count). The fourth-order valence-corrected chi connectivity index (χ4v) is 2.92. The first kappa shape index (κ1) is 14.0. The van der Waals surface area contributed by atoms with Crippen molar-refractivity contribution in [2.24, 2.45) is 11.7 Å². The van der Waals surface area contributed by atoms with Crippen molar-refractivity contribution in [2.45, 2.75) is 64.3 Å². The van der Waals surface area contributed by atoms with Crippen LogP contribution in [0.3, 0.4) is 0 Å². The first-order valence-electron chi connectivity index (χ1n) is 7.06. The molecule has 0 aromatic heterocycles. The van der Waals surface area contributed by atoms with Crippen LogP contribution in [0.25, 0.3) is 0 Å². The lowest BCUT2D eigenvalue weighted by Crippen LogP contribution is -2.53. The van der Waals surface area contributed by atoms with Crippen LogP contribution in [0.4, 0.5) is 0 Å². The van der Waals surface area contributed by atoms with Gasteiger partial charge in [0, 0.05) is 18.6 Å². The molecule has 0 spiro atoms. The largest absolute Gasteiger partial charge is 0.329 e. The molecule has 1 unspecified atom stereocenters. The molecule has 1 atom stereocenters. The van der Waals surface area contributed by atoms with Gasteiger partial charge in [-0.25, -0.2) is 0 Å². The number of rotatable bonds is 5. The van der Waals surface area contributed by atoms with E-state index in [2.05, 4.69) is 25.8 Å². The molecule has 1 aliphatic rings. The van der Waals surface area contributed by atoms with Crippen LogP contribution in [0.2, 0.25) is 0 Å². The van der Waals surface area contributed by atoms with E-state index in [4.69, 9.17) is 5.73 Å². The van der Waals surface area contributed by atoms with Gasteiger partial charge in [-0.3, -0.25) is 4.90 Å². The molecule has 1 saturated carbocycles. The van der Waals surface area contributed by atoms with E-state index in [0.717, 1.165) is 12.5 Å². The molecule has 1 aliphatic carbocycles. The van der Waals surface area contributed by atoms with Gasteiger partial charge in [-0.05, 0) is 25.8 Å². The maximum Gasteiger partial charge on any atom is 0.0328 e. The molecule has 2 N–H and O–H groups in total. The summed E-state index contributed by atoms with van der Waals surface area (Å²) >= 11 is 0. The quantitative estimate of drug-likeness (QED) is 0.730. The summed E-state index contributed by atoms with van der Waals surface area (Å²) in [5.41, 5.74) is 6.39. The van der Waals surface area contributed by atoms with Crippen LogP contribution in [0.5, 0.6) is 0 Å². The van der Waals surface area contributed by atoms with Crippen molar-refractivity contribution < 1.29 is 0 Å². The number of nitrogens with zero attached hydrogens (tertiary/aromatic N) is 1. The Labute approximate surface area is 102 Å². The first-order valence-corrected chi connectivity index (χ1v) is 7.06. The Kier molecular flexibility index (Phi) is 5.77. The zero-order chi connectivity index (χ0) is 12.0. The minimum atomic E-state index is 0.305. The SMILES string of the molecule is CCC(C)CN(C)C1(CN)CCCCCC1. The van der Waals surface area contributed by atoms with Crippen molar-refractivity contribution in [1.82, 2.24) is 4.90 Å². The van der Waals surface area contributed by atoms with Crippen molar-refractivity contribution in [1.29, 1.82) is 0 Å². The molecule has 0 saturated heterocycles. The van der Waals surface area contributed by atoms with E-state index in [1.165, 1.54) is 51.5 Å². The highest BCUT2D eigenvalue weighted by Gasteiger charge is 2.33. The highest BCUT2D eigenvalue weighted by Crippen LogP contribution is 2.31. The second-order valence-corrected chi connectivity index (χ2v) is 5.74. The molecule has 1 fully saturated rings. The summed E-state index contributed by atoms with van der Waals surface area (Å²) in [4.78, 5) is 2.56. The van der Waals surface area contributed by atoms with Gasteiger partial charge in [0.15, 0.2) is 0 Å². The van der Waals surface area contributed by atoms with Gasteiger partial charge in [-0.15, -0.1) is 0 Å². The standard InChI is InChI=1S/C14H30N2/c1-4-13(2)11-16(3)14(12-15)9-7-5-6-8-10-14/h13H,4-12,15H2,1-3H3. The fourth-order valence-electron chi connectivity index (χ4n) is 2.92. The lowest BCUT2D eigenvalue weighted by molar-refractivity contribution is 0.0911. The molecule has 0 aliphatic heterocycles. The zero-order valence-corrected chi connectivity index (χ0v) is 11.5. The average Bonchev–Trinajstić information content (AvgIpc) is 2.54. The Balaban J connectivity index is 2.61. The Morgan fingerprint density at radius 2 is 1.75 bits per heavy atom. The molecule has 2 nitrogen and oxygen atoms in total. The first-order chi connectivity index (χ1) is 7.64. The summed E-state index contributed by atoms with van der Waals surface area (Å²) in [5.74, 6) is 0.789. The van der Waals surface area contributed by atoms with Crippen molar-refractivity contribution in [3.8, 4) is 0 Å². The molecule has 2 heteroatoms. The van der Waals surface area contributed by atoms with Crippen molar-refractivity contribution in [3.05, 3.63) is 0 Å². The molecule has 0 heterocycles. The van der Waals surface area contributed by atoms with Crippen LogP contribution >= 0.6 is 0 Å². The molecule has 0 aromatic carbocycles. The van der Waals surface area contributed by atoms with Crippen molar-refractivity contribution in [3.63, 3.8) is 0 Å². The minimum Gasteiger partial charge on any atom is -0.329 e. The Bertz CT molecular complexity index is 183. The minimum absolute atomic E-state index is 0.305. The van der Waals surface area contributed by atoms with Gasteiger partial charge >= 0.3 is 0 Å². The molecular weight excluding hydrogens is 196 g/mol. The summed E-state index contributed by atoms with van der Waals surface area (Å²) in [6.45, 7) is 6.66. The molecule has 0 bridgehead atoms. The second kappa shape index (κ2) is 6.61. The summed E-state index contributed by atoms with van der Waals surface area (Å²) < 4.78 is 0. The number of likely N-dealkylation sites (N-methyl/N-ethyl adjacent to an activating group) is 1. The monoisotopic (exact) mass is 226 g/mol. The molecule has 0 radical (unpaired) electrons. The molecular formula is C14H30N2. The Hall–Kier alpha value is -0.0800. The van der Waals surface area contributed by atoms with Crippen molar-refractivity contribution in [2.75, 3.05) is 20.1 Å². The number of hydrogen-bond acceptors (Lipinski definition) is 2. The maximum atomic E-state index is 6.08. The van der Waals surface area contributed by atoms with Crippen LogP contribution in [0, 0.1) is 5.92 Å². The van der Waals surface area contributed by atoms with Crippen LogP contribution in [0.15, 0.2) is 0 Å². The highest BCUT2D eigenvalue weighted by atomic mass is 15.2. The van der Waals surface area contributed by atoms with Crippen LogP contribution < -0.4 is 5.73 Å². The zero-order valence-electron chi connectivity index (χ0n) is 11.5. The van der Waals surface area contributed by atoms with E-state index in [0.29, 0.717) is 5.54 Å². The summed E-state index contributed by atoms with van der Waals surface area (Å²) in [6, 6.07) is 0. The average molecular weight is 226 g/mol. The lowest BCUT2D eigenvalue weighted by atomic mass is 9.87. The van der Waals surface area contributed by atoms with E-state index in [1.807, 2.05) is 0 Å². The van der Waals surface area contributed by atoms with E-state index in [9.17, 15) is 0 Å². The normalized spacial score (nSPS) is 23.1. The van der Waals surface area contributed by atoms with Gasteiger partial charge in [0.05, 0.1) is 0 Å².